The second-order valence-corrected chi connectivity index (χ2v) is 3.98. The van der Waals surface area contributed by atoms with Crippen LogP contribution in [0, 0.1) is 0 Å². The van der Waals surface area contributed by atoms with Gasteiger partial charge in [-0.2, -0.15) is 0 Å². The molecule has 4 heteroatoms. The topological polar surface area (TPSA) is 62.2 Å². The molecule has 1 aromatic rings. The standard InChI is InChI=1S/C11H14N2O2/c14-8-11(4-1-5-11)13-10(15)9-2-6-12-7-3-9/h2-3,6-7,14H,1,4-5,8H2,(H,13,15). The molecule has 1 aliphatic rings. The summed E-state index contributed by atoms with van der Waals surface area (Å²) in [6.07, 6.45) is 5.96. The van der Waals surface area contributed by atoms with Crippen molar-refractivity contribution in [2.45, 2.75) is 24.8 Å². The lowest BCUT2D eigenvalue weighted by Gasteiger charge is -2.40. The Bertz CT molecular complexity index is 341. The average Bonchev–Trinajstić information content (AvgIpc) is 2.24. The molecule has 2 rings (SSSR count). The van der Waals surface area contributed by atoms with Gasteiger partial charge in [0.2, 0.25) is 0 Å². The van der Waals surface area contributed by atoms with Crippen LogP contribution in [0.25, 0.3) is 0 Å². The van der Waals surface area contributed by atoms with E-state index in [-0.39, 0.29) is 18.1 Å². The quantitative estimate of drug-likeness (QED) is 0.766. The van der Waals surface area contributed by atoms with Crippen molar-refractivity contribution in [3.8, 4) is 0 Å². The summed E-state index contributed by atoms with van der Waals surface area (Å²) in [7, 11) is 0. The van der Waals surface area contributed by atoms with Gasteiger partial charge in [0.05, 0.1) is 12.1 Å². The summed E-state index contributed by atoms with van der Waals surface area (Å²) in [6.45, 7) is 0.0177. The van der Waals surface area contributed by atoms with Crippen molar-refractivity contribution in [2.24, 2.45) is 0 Å². The van der Waals surface area contributed by atoms with Crippen LogP contribution in [-0.2, 0) is 0 Å². The van der Waals surface area contributed by atoms with E-state index in [1.807, 2.05) is 0 Å². The monoisotopic (exact) mass is 206 g/mol. The number of carbonyl (C=O) groups is 1. The number of aliphatic hydroxyl groups is 1. The number of nitrogens with one attached hydrogen (secondary N) is 1. The molecule has 0 radical (unpaired) electrons. The summed E-state index contributed by atoms with van der Waals surface area (Å²) in [5.74, 6) is -0.133. The molecule has 1 heterocycles. The molecule has 0 saturated heterocycles. The zero-order valence-electron chi connectivity index (χ0n) is 8.44. The number of hydrogen-bond donors (Lipinski definition) is 2. The van der Waals surface area contributed by atoms with Gasteiger partial charge >= 0.3 is 0 Å². The van der Waals surface area contributed by atoms with E-state index in [9.17, 15) is 9.90 Å². The van der Waals surface area contributed by atoms with Crippen LogP contribution in [0.4, 0.5) is 0 Å². The lowest BCUT2D eigenvalue weighted by molar-refractivity contribution is 0.0641. The zero-order valence-corrected chi connectivity index (χ0v) is 8.44. The van der Waals surface area contributed by atoms with E-state index in [4.69, 9.17) is 0 Å². The molecule has 0 atom stereocenters. The average molecular weight is 206 g/mol. The Hall–Kier alpha value is -1.42. The summed E-state index contributed by atoms with van der Waals surface area (Å²) in [5.41, 5.74) is 0.213. The van der Waals surface area contributed by atoms with E-state index in [0.29, 0.717) is 5.56 Å². The van der Waals surface area contributed by atoms with Gasteiger partial charge in [-0.1, -0.05) is 0 Å². The van der Waals surface area contributed by atoms with Crippen LogP contribution in [0.5, 0.6) is 0 Å². The number of rotatable bonds is 3. The molecule has 0 aromatic carbocycles. The summed E-state index contributed by atoms with van der Waals surface area (Å²) < 4.78 is 0. The van der Waals surface area contributed by atoms with Crippen LogP contribution in [0.15, 0.2) is 24.5 Å². The maximum atomic E-state index is 11.8. The van der Waals surface area contributed by atoms with Gasteiger partial charge in [0.1, 0.15) is 0 Å². The molecule has 0 unspecified atom stereocenters. The molecule has 0 spiro atoms. The van der Waals surface area contributed by atoms with E-state index in [1.54, 1.807) is 24.5 Å². The minimum atomic E-state index is -0.375. The second kappa shape index (κ2) is 3.98. The first-order valence-electron chi connectivity index (χ1n) is 5.09. The normalized spacial score (nSPS) is 17.9. The Morgan fingerprint density at radius 3 is 2.60 bits per heavy atom. The first kappa shape index (κ1) is 10.1. The second-order valence-electron chi connectivity index (χ2n) is 3.98. The highest BCUT2D eigenvalue weighted by Crippen LogP contribution is 2.31. The molecular formula is C11H14N2O2. The number of carbonyl (C=O) groups excluding carboxylic acids is 1. The highest BCUT2D eigenvalue weighted by molar-refractivity contribution is 5.94. The minimum Gasteiger partial charge on any atom is -0.394 e. The smallest absolute Gasteiger partial charge is 0.251 e. The molecule has 1 saturated carbocycles. The molecule has 1 fully saturated rings. The van der Waals surface area contributed by atoms with Crippen molar-refractivity contribution in [1.82, 2.24) is 10.3 Å². The molecule has 1 aromatic heterocycles. The third-order valence-electron chi connectivity index (χ3n) is 2.93. The molecule has 2 N–H and O–H groups in total. The number of pyridine rings is 1. The van der Waals surface area contributed by atoms with Gasteiger partial charge in [0.15, 0.2) is 0 Å². The largest absolute Gasteiger partial charge is 0.394 e. The number of hydrogen-bond acceptors (Lipinski definition) is 3. The molecule has 15 heavy (non-hydrogen) atoms. The SMILES string of the molecule is O=C(NC1(CO)CCC1)c1ccncc1. The van der Waals surface area contributed by atoms with Crippen LogP contribution in [0.3, 0.4) is 0 Å². The van der Waals surface area contributed by atoms with Crippen molar-refractivity contribution in [1.29, 1.82) is 0 Å². The summed E-state index contributed by atoms with van der Waals surface area (Å²) >= 11 is 0. The van der Waals surface area contributed by atoms with Crippen molar-refractivity contribution >= 4 is 5.91 Å². The Kier molecular flexibility index (Phi) is 2.68. The van der Waals surface area contributed by atoms with Crippen LogP contribution in [0.1, 0.15) is 29.6 Å². The van der Waals surface area contributed by atoms with Crippen molar-refractivity contribution in [3.63, 3.8) is 0 Å². The highest BCUT2D eigenvalue weighted by Gasteiger charge is 2.37. The third kappa shape index (κ3) is 1.99. The Morgan fingerprint density at radius 1 is 1.47 bits per heavy atom. The number of aliphatic hydroxyl groups excluding tert-OH is 1. The fraction of sp³-hybridized carbons (Fsp3) is 0.455. The highest BCUT2D eigenvalue weighted by atomic mass is 16.3. The molecular weight excluding hydrogens is 192 g/mol. The fourth-order valence-electron chi connectivity index (χ4n) is 1.74. The van der Waals surface area contributed by atoms with E-state index in [2.05, 4.69) is 10.3 Å². The minimum absolute atomic E-state index is 0.0177. The molecule has 80 valence electrons. The summed E-state index contributed by atoms with van der Waals surface area (Å²) in [5, 5.41) is 12.1. The molecule has 1 aliphatic carbocycles. The Morgan fingerprint density at radius 2 is 2.13 bits per heavy atom. The molecule has 0 aliphatic heterocycles. The van der Waals surface area contributed by atoms with Crippen LogP contribution in [-0.4, -0.2) is 28.1 Å². The van der Waals surface area contributed by atoms with Gasteiger partial charge in [-0.05, 0) is 31.4 Å². The first-order chi connectivity index (χ1) is 7.26. The van der Waals surface area contributed by atoms with E-state index in [0.717, 1.165) is 19.3 Å². The van der Waals surface area contributed by atoms with Gasteiger partial charge in [-0.3, -0.25) is 9.78 Å². The zero-order chi connectivity index (χ0) is 10.7. The van der Waals surface area contributed by atoms with Gasteiger partial charge in [-0.25, -0.2) is 0 Å². The van der Waals surface area contributed by atoms with Crippen molar-refractivity contribution in [2.75, 3.05) is 6.61 Å². The van der Waals surface area contributed by atoms with Crippen molar-refractivity contribution in [3.05, 3.63) is 30.1 Å². The van der Waals surface area contributed by atoms with Gasteiger partial charge in [0, 0.05) is 18.0 Å². The molecule has 0 bridgehead atoms. The van der Waals surface area contributed by atoms with E-state index in [1.165, 1.54) is 0 Å². The Labute approximate surface area is 88.3 Å². The van der Waals surface area contributed by atoms with Crippen molar-refractivity contribution < 1.29 is 9.90 Å². The Balaban J connectivity index is 2.04. The molecule has 4 nitrogen and oxygen atoms in total. The number of nitrogens with zero attached hydrogens (tertiary/aromatic N) is 1. The van der Waals surface area contributed by atoms with Crippen LogP contribution in [0.2, 0.25) is 0 Å². The predicted octanol–water partition coefficient (Wildman–Crippen LogP) is 0.726. The van der Waals surface area contributed by atoms with E-state index < -0.39 is 0 Å². The van der Waals surface area contributed by atoms with Crippen LogP contribution < -0.4 is 5.32 Å². The molecule has 1 amide bonds. The summed E-state index contributed by atoms with van der Waals surface area (Å²) in [4.78, 5) is 15.6. The van der Waals surface area contributed by atoms with Crippen LogP contribution >= 0.6 is 0 Å². The predicted molar refractivity (Wildman–Crippen MR) is 55.4 cm³/mol. The third-order valence-corrected chi connectivity index (χ3v) is 2.93. The number of amides is 1. The van der Waals surface area contributed by atoms with Gasteiger partial charge in [-0.15, -0.1) is 0 Å². The van der Waals surface area contributed by atoms with Gasteiger partial charge < -0.3 is 10.4 Å². The first-order valence-corrected chi connectivity index (χ1v) is 5.09. The fourth-order valence-corrected chi connectivity index (χ4v) is 1.74. The summed E-state index contributed by atoms with van der Waals surface area (Å²) in [6, 6.07) is 3.33. The lowest BCUT2D eigenvalue weighted by Crippen LogP contribution is -2.56. The van der Waals surface area contributed by atoms with E-state index >= 15 is 0 Å². The maximum absolute atomic E-state index is 11.8. The van der Waals surface area contributed by atoms with Gasteiger partial charge in [0.25, 0.3) is 5.91 Å². The lowest BCUT2D eigenvalue weighted by atomic mass is 9.77. The maximum Gasteiger partial charge on any atom is 0.251 e. The number of aromatic nitrogens is 1.